The normalized spacial score (nSPS) is 15.3. The van der Waals surface area contributed by atoms with Gasteiger partial charge < -0.3 is 25.2 Å². The molecule has 1 aliphatic heterocycles. The maximum absolute atomic E-state index is 12.1. The molecule has 1 heterocycles. The van der Waals surface area contributed by atoms with Crippen LogP contribution in [0.5, 0.6) is 5.75 Å². The molecule has 26 heavy (non-hydrogen) atoms. The third-order valence-corrected chi connectivity index (χ3v) is 4.35. The molecule has 0 unspecified atom stereocenters. The van der Waals surface area contributed by atoms with E-state index in [-0.39, 0.29) is 12.5 Å². The molecule has 1 aromatic carbocycles. The van der Waals surface area contributed by atoms with Crippen molar-refractivity contribution in [2.75, 3.05) is 25.1 Å². The number of hydrogen-bond donors (Lipinski definition) is 3. The number of carbonyl (C=O) groups is 2. The number of benzene rings is 1. The maximum Gasteiger partial charge on any atom is 0.319 e. The van der Waals surface area contributed by atoms with Gasteiger partial charge in [-0.05, 0) is 63.3 Å². The second-order valence-corrected chi connectivity index (χ2v) is 7.25. The fourth-order valence-corrected chi connectivity index (χ4v) is 2.71. The molecule has 3 N–H and O–H groups in total. The number of aliphatic carboxylic acids is 1. The average molecular weight is 364 g/mol. The van der Waals surface area contributed by atoms with Crippen molar-refractivity contribution >= 4 is 17.7 Å². The largest absolute Gasteiger partial charge is 0.493 e. The van der Waals surface area contributed by atoms with Gasteiger partial charge in [-0.2, -0.15) is 0 Å². The van der Waals surface area contributed by atoms with Crippen molar-refractivity contribution in [2.24, 2.45) is 5.92 Å². The highest BCUT2D eigenvalue weighted by molar-refractivity contribution is 5.89. The first-order valence-corrected chi connectivity index (χ1v) is 8.96. The third kappa shape index (κ3) is 7.31. The number of hydrogen-bond acceptors (Lipinski definition) is 4. The predicted octanol–water partition coefficient (Wildman–Crippen LogP) is 3.26. The number of nitrogens with one attached hydrogen (secondary N) is 2. The molecule has 7 heteroatoms. The molecule has 0 aromatic heterocycles. The van der Waals surface area contributed by atoms with Crippen LogP contribution in [0.4, 0.5) is 10.5 Å². The molecule has 144 valence electrons. The Balaban J connectivity index is 1.76. The molecular formula is C19H28N2O5. The highest BCUT2D eigenvalue weighted by atomic mass is 16.5. The lowest BCUT2D eigenvalue weighted by molar-refractivity contribution is -0.137. The van der Waals surface area contributed by atoms with Crippen molar-refractivity contribution in [2.45, 2.75) is 45.1 Å². The average Bonchev–Trinajstić information content (AvgIpc) is 2.60. The summed E-state index contributed by atoms with van der Waals surface area (Å²) in [5, 5.41) is 14.3. The lowest BCUT2D eigenvalue weighted by Crippen LogP contribution is -2.45. The van der Waals surface area contributed by atoms with Gasteiger partial charge in [-0.3, -0.25) is 4.79 Å². The summed E-state index contributed by atoms with van der Waals surface area (Å²) in [4.78, 5) is 22.7. The minimum absolute atomic E-state index is 0.00638. The molecule has 0 aliphatic carbocycles. The smallest absolute Gasteiger partial charge is 0.319 e. The quantitative estimate of drug-likeness (QED) is 0.658. The van der Waals surface area contributed by atoms with Crippen LogP contribution in [-0.2, 0) is 9.53 Å². The summed E-state index contributed by atoms with van der Waals surface area (Å²) in [6.07, 6.45) is 2.41. The fourth-order valence-electron chi connectivity index (χ4n) is 2.71. The molecule has 1 saturated heterocycles. The van der Waals surface area contributed by atoms with Gasteiger partial charge in [0, 0.05) is 30.9 Å². The number of carboxylic acid groups (broad SMARTS) is 1. The van der Waals surface area contributed by atoms with Gasteiger partial charge in [-0.15, -0.1) is 0 Å². The first kappa shape index (κ1) is 20.0. The minimum Gasteiger partial charge on any atom is -0.493 e. The van der Waals surface area contributed by atoms with E-state index in [2.05, 4.69) is 10.6 Å². The van der Waals surface area contributed by atoms with Gasteiger partial charge in [0.1, 0.15) is 5.75 Å². The van der Waals surface area contributed by atoms with Crippen LogP contribution in [0.1, 0.15) is 39.5 Å². The van der Waals surface area contributed by atoms with Crippen LogP contribution in [0.3, 0.4) is 0 Å². The molecule has 1 aromatic rings. The molecule has 0 atom stereocenters. The summed E-state index contributed by atoms with van der Waals surface area (Å²) in [6.45, 7) is 5.86. The summed E-state index contributed by atoms with van der Waals surface area (Å²) < 4.78 is 11.1. The van der Waals surface area contributed by atoms with E-state index >= 15 is 0 Å². The van der Waals surface area contributed by atoms with Crippen molar-refractivity contribution < 1.29 is 24.2 Å². The monoisotopic (exact) mass is 364 g/mol. The number of ether oxygens (including phenoxy) is 2. The zero-order chi connectivity index (χ0) is 19.0. The topological polar surface area (TPSA) is 96.9 Å². The molecule has 2 rings (SSSR count). The zero-order valence-electron chi connectivity index (χ0n) is 15.4. The molecular weight excluding hydrogens is 336 g/mol. The van der Waals surface area contributed by atoms with Crippen LogP contribution < -0.4 is 15.4 Å². The molecule has 7 nitrogen and oxygen atoms in total. The highest BCUT2D eigenvalue weighted by Gasteiger charge is 2.21. The summed E-state index contributed by atoms with van der Waals surface area (Å²) in [5.41, 5.74) is 0.0462. The van der Waals surface area contributed by atoms with E-state index in [1.165, 1.54) is 0 Å². The van der Waals surface area contributed by atoms with Crippen LogP contribution >= 0.6 is 0 Å². The first-order chi connectivity index (χ1) is 12.3. The van der Waals surface area contributed by atoms with E-state index in [1.807, 2.05) is 12.1 Å². The van der Waals surface area contributed by atoms with E-state index < -0.39 is 11.5 Å². The molecule has 2 amide bonds. The van der Waals surface area contributed by atoms with E-state index in [0.717, 1.165) is 31.8 Å². The Kier molecular flexibility index (Phi) is 7.26. The lowest BCUT2D eigenvalue weighted by atomic mass is 9.99. The standard InChI is InChI=1S/C19H28N2O5/c1-19(2,10-7-17(22)23)21-18(24)20-15-3-5-16(6-4-15)26-13-14-8-11-25-12-9-14/h3-6,14H,7-13H2,1-2H3,(H,22,23)(H2,20,21,24). The fraction of sp³-hybridized carbons (Fsp3) is 0.579. The molecule has 0 saturated carbocycles. The Bertz CT molecular complexity index is 594. The SMILES string of the molecule is CC(C)(CCC(=O)O)NC(=O)Nc1ccc(OCC2CCOCC2)cc1. The second kappa shape index (κ2) is 9.43. The second-order valence-electron chi connectivity index (χ2n) is 7.25. The number of carboxylic acids is 1. The Morgan fingerprint density at radius 3 is 2.50 bits per heavy atom. The zero-order valence-corrected chi connectivity index (χ0v) is 15.4. The van der Waals surface area contributed by atoms with Crippen molar-refractivity contribution in [1.29, 1.82) is 0 Å². The lowest BCUT2D eigenvalue weighted by Gasteiger charge is -2.25. The van der Waals surface area contributed by atoms with Gasteiger partial charge in [0.25, 0.3) is 0 Å². The Morgan fingerprint density at radius 1 is 1.23 bits per heavy atom. The highest BCUT2D eigenvalue weighted by Crippen LogP contribution is 2.20. The number of rotatable bonds is 8. The van der Waals surface area contributed by atoms with E-state index in [4.69, 9.17) is 14.6 Å². The van der Waals surface area contributed by atoms with Gasteiger partial charge in [0.05, 0.1) is 6.61 Å². The molecule has 0 radical (unpaired) electrons. The van der Waals surface area contributed by atoms with Crippen LogP contribution in [0.15, 0.2) is 24.3 Å². The van der Waals surface area contributed by atoms with Crippen molar-refractivity contribution in [3.63, 3.8) is 0 Å². The van der Waals surface area contributed by atoms with Gasteiger partial charge in [0.2, 0.25) is 0 Å². The maximum atomic E-state index is 12.1. The van der Waals surface area contributed by atoms with Gasteiger partial charge >= 0.3 is 12.0 Å². The van der Waals surface area contributed by atoms with E-state index in [0.29, 0.717) is 24.6 Å². The van der Waals surface area contributed by atoms with Crippen LogP contribution in [0.25, 0.3) is 0 Å². The summed E-state index contributed by atoms with van der Waals surface area (Å²) in [7, 11) is 0. The van der Waals surface area contributed by atoms with Crippen LogP contribution in [0, 0.1) is 5.92 Å². The van der Waals surface area contributed by atoms with Gasteiger partial charge in [0.15, 0.2) is 0 Å². The molecule has 0 bridgehead atoms. The number of anilines is 1. The molecule has 1 aliphatic rings. The van der Waals surface area contributed by atoms with Crippen molar-refractivity contribution in [1.82, 2.24) is 5.32 Å². The van der Waals surface area contributed by atoms with Gasteiger partial charge in [-0.25, -0.2) is 4.79 Å². The van der Waals surface area contributed by atoms with E-state index in [1.54, 1.807) is 26.0 Å². The Hall–Kier alpha value is -2.28. The Morgan fingerprint density at radius 2 is 1.88 bits per heavy atom. The number of carbonyl (C=O) groups excluding carboxylic acids is 1. The summed E-state index contributed by atoms with van der Waals surface area (Å²) >= 11 is 0. The first-order valence-electron chi connectivity index (χ1n) is 8.96. The summed E-state index contributed by atoms with van der Waals surface area (Å²) in [5.74, 6) is 0.418. The minimum atomic E-state index is -0.878. The number of amides is 2. The van der Waals surface area contributed by atoms with Crippen molar-refractivity contribution in [3.05, 3.63) is 24.3 Å². The summed E-state index contributed by atoms with van der Waals surface area (Å²) in [6, 6.07) is 6.85. The third-order valence-electron chi connectivity index (χ3n) is 4.35. The van der Waals surface area contributed by atoms with Gasteiger partial charge in [-0.1, -0.05) is 0 Å². The Labute approximate surface area is 154 Å². The van der Waals surface area contributed by atoms with E-state index in [9.17, 15) is 9.59 Å². The number of urea groups is 1. The van der Waals surface area contributed by atoms with Crippen LogP contribution in [-0.4, -0.2) is 42.5 Å². The molecule has 0 spiro atoms. The molecule has 1 fully saturated rings. The predicted molar refractivity (Wildman–Crippen MR) is 98.6 cm³/mol. The van der Waals surface area contributed by atoms with Crippen molar-refractivity contribution in [3.8, 4) is 5.75 Å². The van der Waals surface area contributed by atoms with Crippen LogP contribution in [0.2, 0.25) is 0 Å².